The summed E-state index contributed by atoms with van der Waals surface area (Å²) in [7, 11) is 1.89. The maximum absolute atomic E-state index is 6.95. The first-order valence-corrected chi connectivity index (χ1v) is 4.29. The van der Waals surface area contributed by atoms with Gasteiger partial charge in [0.15, 0.2) is 0 Å². The van der Waals surface area contributed by atoms with E-state index in [1.165, 1.54) is 0 Å². The van der Waals surface area contributed by atoms with Gasteiger partial charge in [0.2, 0.25) is 0 Å². The quantitative estimate of drug-likeness (QED) is 0.558. The molecule has 0 unspecified atom stereocenters. The molecule has 0 radical (unpaired) electrons. The molecule has 1 aromatic rings. The predicted molar refractivity (Wildman–Crippen MR) is 52.9 cm³/mol. The van der Waals surface area contributed by atoms with Gasteiger partial charge >= 0.3 is 0 Å². The van der Waals surface area contributed by atoms with Crippen molar-refractivity contribution >= 4 is 5.82 Å². The first-order chi connectivity index (χ1) is 5.88. The molecule has 0 N–H and O–H groups in total. The number of rotatable bonds is 0. The van der Waals surface area contributed by atoms with Crippen LogP contribution in [-0.2, 0) is 12.5 Å². The Morgan fingerprint density at radius 3 is 2.15 bits per heavy atom. The van der Waals surface area contributed by atoms with Crippen LogP contribution in [0.5, 0.6) is 0 Å². The fraction of sp³-hybridized carbons (Fsp3) is 0.600. The van der Waals surface area contributed by atoms with Crippen LogP contribution in [0.15, 0.2) is 0 Å². The van der Waals surface area contributed by atoms with Gasteiger partial charge in [0.25, 0.3) is 5.82 Å². The van der Waals surface area contributed by atoms with E-state index in [0.29, 0.717) is 5.82 Å². The number of nitrogens with zero attached hydrogens (tertiary/aromatic N) is 3. The van der Waals surface area contributed by atoms with Crippen LogP contribution in [0, 0.1) is 13.5 Å². The molecule has 0 aromatic carbocycles. The van der Waals surface area contributed by atoms with Crippen LogP contribution in [0.25, 0.3) is 4.85 Å². The summed E-state index contributed by atoms with van der Waals surface area (Å²) in [6.45, 7) is 15.3. The summed E-state index contributed by atoms with van der Waals surface area (Å²) in [6, 6.07) is 0. The fourth-order valence-electron chi connectivity index (χ4n) is 1.77. The molecule has 0 amide bonds. The lowest BCUT2D eigenvalue weighted by atomic mass is 9.89. The number of hydrogen-bond acceptors (Lipinski definition) is 1. The van der Waals surface area contributed by atoms with E-state index in [1.807, 2.05) is 18.7 Å². The molecule has 0 aliphatic carbocycles. The van der Waals surface area contributed by atoms with Crippen LogP contribution in [0.1, 0.15) is 32.0 Å². The van der Waals surface area contributed by atoms with Crippen molar-refractivity contribution in [3.05, 3.63) is 22.7 Å². The lowest BCUT2D eigenvalue weighted by Gasteiger charge is -2.18. The van der Waals surface area contributed by atoms with Crippen LogP contribution >= 0.6 is 0 Å². The second-order valence-electron chi connectivity index (χ2n) is 4.28. The van der Waals surface area contributed by atoms with Crippen molar-refractivity contribution in [1.82, 2.24) is 9.78 Å². The lowest BCUT2D eigenvalue weighted by molar-refractivity contribution is 0.520. The summed E-state index contributed by atoms with van der Waals surface area (Å²) in [6.07, 6.45) is 0. The largest absolute Gasteiger partial charge is 0.359 e. The van der Waals surface area contributed by atoms with E-state index in [2.05, 4.69) is 30.7 Å². The Balaban J connectivity index is 3.40. The Labute approximate surface area is 79.2 Å². The van der Waals surface area contributed by atoms with E-state index in [4.69, 9.17) is 6.57 Å². The lowest BCUT2D eigenvalue weighted by Crippen LogP contribution is -2.17. The SMILES string of the molecule is [C-]#[N+]c1nn(C)c(C(C)(C)C)c1C. The number of aryl methyl sites for hydroxylation is 1. The van der Waals surface area contributed by atoms with Crippen molar-refractivity contribution in [2.45, 2.75) is 33.1 Å². The highest BCUT2D eigenvalue weighted by Crippen LogP contribution is 2.30. The Kier molecular flexibility index (Phi) is 2.17. The second-order valence-corrected chi connectivity index (χ2v) is 4.28. The first kappa shape index (κ1) is 9.79. The van der Waals surface area contributed by atoms with Gasteiger partial charge in [0.1, 0.15) is 0 Å². The molecule has 0 aliphatic heterocycles. The Bertz CT molecular complexity index is 361. The third-order valence-corrected chi connectivity index (χ3v) is 2.08. The maximum atomic E-state index is 6.95. The van der Waals surface area contributed by atoms with E-state index in [9.17, 15) is 0 Å². The summed E-state index contributed by atoms with van der Waals surface area (Å²) >= 11 is 0. The number of hydrogen-bond donors (Lipinski definition) is 0. The summed E-state index contributed by atoms with van der Waals surface area (Å²) in [5.41, 5.74) is 2.19. The standard InChI is InChI=1S/C10H15N3/c1-7-8(10(2,3)4)13(6)12-9(7)11-5/h1-4,6H3. The van der Waals surface area contributed by atoms with Crippen LogP contribution in [0.4, 0.5) is 5.82 Å². The highest BCUT2D eigenvalue weighted by molar-refractivity contribution is 5.48. The molecule has 1 rings (SSSR count). The van der Waals surface area contributed by atoms with Crippen molar-refractivity contribution < 1.29 is 0 Å². The summed E-state index contributed by atoms with van der Waals surface area (Å²) in [4.78, 5) is 3.38. The molecular weight excluding hydrogens is 162 g/mol. The highest BCUT2D eigenvalue weighted by Gasteiger charge is 2.24. The third kappa shape index (κ3) is 1.57. The van der Waals surface area contributed by atoms with Crippen molar-refractivity contribution in [3.63, 3.8) is 0 Å². The summed E-state index contributed by atoms with van der Waals surface area (Å²) in [5.74, 6) is 0.521. The van der Waals surface area contributed by atoms with Gasteiger partial charge in [-0.1, -0.05) is 27.3 Å². The van der Waals surface area contributed by atoms with Gasteiger partial charge < -0.3 is 4.85 Å². The molecule has 1 aromatic heterocycles. The highest BCUT2D eigenvalue weighted by atomic mass is 15.3. The molecule has 0 saturated carbocycles. The van der Waals surface area contributed by atoms with Crippen molar-refractivity contribution in [1.29, 1.82) is 0 Å². The van der Waals surface area contributed by atoms with Crippen LogP contribution < -0.4 is 0 Å². The van der Waals surface area contributed by atoms with Gasteiger partial charge in [-0.3, -0.25) is 0 Å². The van der Waals surface area contributed by atoms with Gasteiger partial charge in [-0.25, -0.2) is 0 Å². The van der Waals surface area contributed by atoms with Crippen LogP contribution in [0.3, 0.4) is 0 Å². The summed E-state index contributed by atoms with van der Waals surface area (Å²) < 4.78 is 1.81. The molecule has 0 aliphatic rings. The Morgan fingerprint density at radius 1 is 1.38 bits per heavy atom. The maximum Gasteiger partial charge on any atom is 0.298 e. The van der Waals surface area contributed by atoms with Gasteiger partial charge in [0, 0.05) is 18.0 Å². The minimum atomic E-state index is 0.0504. The first-order valence-electron chi connectivity index (χ1n) is 4.29. The van der Waals surface area contributed by atoms with Gasteiger partial charge in [-0.2, -0.15) is 4.68 Å². The predicted octanol–water partition coefficient (Wildman–Crippen LogP) is 2.58. The van der Waals surface area contributed by atoms with Gasteiger partial charge in [-0.15, -0.1) is 0 Å². The number of aromatic nitrogens is 2. The molecule has 1 heterocycles. The van der Waals surface area contributed by atoms with E-state index in [-0.39, 0.29) is 5.41 Å². The molecule has 0 bridgehead atoms. The zero-order chi connectivity index (χ0) is 10.2. The zero-order valence-electron chi connectivity index (χ0n) is 8.84. The van der Waals surface area contributed by atoms with Crippen molar-refractivity contribution in [2.75, 3.05) is 0 Å². The zero-order valence-corrected chi connectivity index (χ0v) is 8.84. The molecule has 3 heteroatoms. The molecule has 3 nitrogen and oxygen atoms in total. The summed E-state index contributed by atoms with van der Waals surface area (Å²) in [5, 5.41) is 4.16. The smallest absolute Gasteiger partial charge is 0.298 e. The second kappa shape index (κ2) is 2.88. The Hall–Kier alpha value is -1.30. The monoisotopic (exact) mass is 177 g/mol. The Morgan fingerprint density at radius 2 is 1.92 bits per heavy atom. The molecule has 0 saturated heterocycles. The van der Waals surface area contributed by atoms with Gasteiger partial charge in [-0.05, 0) is 12.0 Å². The third-order valence-electron chi connectivity index (χ3n) is 2.08. The topological polar surface area (TPSA) is 22.2 Å². The van der Waals surface area contributed by atoms with Gasteiger partial charge in [0.05, 0.1) is 5.69 Å². The van der Waals surface area contributed by atoms with Crippen molar-refractivity contribution in [3.8, 4) is 0 Å². The molecule has 0 fully saturated rings. The molecular formula is C10H15N3. The van der Waals surface area contributed by atoms with Crippen molar-refractivity contribution in [2.24, 2.45) is 7.05 Å². The van der Waals surface area contributed by atoms with E-state index in [1.54, 1.807) is 0 Å². The average molecular weight is 177 g/mol. The molecule has 0 spiro atoms. The van der Waals surface area contributed by atoms with E-state index in [0.717, 1.165) is 11.3 Å². The molecule has 13 heavy (non-hydrogen) atoms. The minimum Gasteiger partial charge on any atom is -0.359 e. The molecule has 0 atom stereocenters. The van der Waals surface area contributed by atoms with E-state index >= 15 is 0 Å². The van der Waals surface area contributed by atoms with Crippen LogP contribution in [-0.4, -0.2) is 9.78 Å². The van der Waals surface area contributed by atoms with E-state index < -0.39 is 0 Å². The minimum absolute atomic E-state index is 0.0504. The fourth-order valence-corrected chi connectivity index (χ4v) is 1.77. The average Bonchev–Trinajstić information content (AvgIpc) is 2.24. The molecule has 70 valence electrons. The normalized spacial score (nSPS) is 11.4. The van der Waals surface area contributed by atoms with Crippen LogP contribution in [0.2, 0.25) is 0 Å².